The predicted molar refractivity (Wildman–Crippen MR) is 146 cm³/mol. The van der Waals surface area contributed by atoms with Crippen molar-refractivity contribution in [3.8, 4) is 22.5 Å². The molecule has 0 radical (unpaired) electrons. The first-order valence-electron chi connectivity index (χ1n) is 12.8. The van der Waals surface area contributed by atoms with Gasteiger partial charge in [-0.15, -0.1) is 10.2 Å². The average molecular weight is 493 g/mol. The maximum Gasteiger partial charge on any atom is 0.205 e. The summed E-state index contributed by atoms with van der Waals surface area (Å²) in [5.74, 6) is 2.58. The number of hydrogen-bond acceptors (Lipinski definition) is 6. The number of rotatable bonds is 10. The molecule has 0 aliphatic heterocycles. The zero-order valence-corrected chi connectivity index (χ0v) is 21.3. The van der Waals surface area contributed by atoms with Gasteiger partial charge in [-0.25, -0.2) is 9.67 Å². The molecule has 0 aliphatic rings. The van der Waals surface area contributed by atoms with E-state index in [2.05, 4.69) is 81.6 Å². The summed E-state index contributed by atoms with van der Waals surface area (Å²) in [7, 11) is 0. The molecule has 2 heterocycles. The van der Waals surface area contributed by atoms with Gasteiger partial charge < -0.3 is 5.73 Å². The number of hydrogen-bond donors (Lipinski definition) is 2. The molecule has 0 spiro atoms. The highest BCUT2D eigenvalue weighted by molar-refractivity contribution is 5.80. The van der Waals surface area contributed by atoms with Crippen LogP contribution >= 0.6 is 0 Å². The Morgan fingerprint density at radius 3 is 2.38 bits per heavy atom. The Morgan fingerprint density at radius 2 is 1.68 bits per heavy atom. The fourth-order valence-corrected chi connectivity index (χ4v) is 4.58. The van der Waals surface area contributed by atoms with Gasteiger partial charge in [0.1, 0.15) is 5.82 Å². The van der Waals surface area contributed by atoms with Crippen LogP contribution in [0.2, 0.25) is 0 Å². The summed E-state index contributed by atoms with van der Waals surface area (Å²) in [6.07, 6.45) is 4.36. The van der Waals surface area contributed by atoms with Crippen molar-refractivity contribution in [3.63, 3.8) is 0 Å². The lowest BCUT2D eigenvalue weighted by Gasteiger charge is -2.14. The minimum absolute atomic E-state index is 0.106. The van der Waals surface area contributed by atoms with Gasteiger partial charge in [0.15, 0.2) is 5.82 Å². The summed E-state index contributed by atoms with van der Waals surface area (Å²) in [6, 6.07) is 24.7. The summed E-state index contributed by atoms with van der Waals surface area (Å²) in [6.45, 7) is 5.05. The van der Waals surface area contributed by atoms with Gasteiger partial charge in [0.05, 0.1) is 6.54 Å². The Bertz CT molecular complexity index is 1420. The Balaban J connectivity index is 1.41. The van der Waals surface area contributed by atoms with Crippen molar-refractivity contribution in [1.29, 1.82) is 0 Å². The van der Waals surface area contributed by atoms with Crippen molar-refractivity contribution in [1.82, 2.24) is 35.4 Å². The van der Waals surface area contributed by atoms with Crippen molar-refractivity contribution in [2.45, 2.75) is 52.0 Å². The molecular weight excluding hydrogens is 460 g/mol. The van der Waals surface area contributed by atoms with Crippen molar-refractivity contribution >= 4 is 5.69 Å². The number of nitrogens with two attached hydrogens (primary N) is 1. The third kappa shape index (κ3) is 5.58. The topological polar surface area (TPSA) is 111 Å². The summed E-state index contributed by atoms with van der Waals surface area (Å²) in [4.78, 5) is 4.98. The van der Waals surface area contributed by atoms with Gasteiger partial charge >= 0.3 is 0 Å². The van der Waals surface area contributed by atoms with Gasteiger partial charge in [-0.1, -0.05) is 87.4 Å². The number of anilines is 1. The fraction of sp³-hybridized carbons (Fsp3) is 0.276. The van der Waals surface area contributed by atoms with Gasteiger partial charge in [0.2, 0.25) is 5.82 Å². The first-order chi connectivity index (χ1) is 18.1. The molecule has 2 aromatic heterocycles. The number of nitrogens with zero attached hydrogens (tertiary/aromatic N) is 6. The van der Waals surface area contributed by atoms with Crippen LogP contribution in [0.25, 0.3) is 22.5 Å². The number of aromatic nitrogens is 7. The third-order valence-electron chi connectivity index (χ3n) is 6.68. The van der Waals surface area contributed by atoms with E-state index >= 15 is 0 Å². The Kier molecular flexibility index (Phi) is 7.35. The molecule has 0 saturated heterocycles. The second-order valence-corrected chi connectivity index (χ2v) is 9.37. The zero-order valence-electron chi connectivity index (χ0n) is 21.3. The minimum Gasteiger partial charge on any atom is -0.399 e. The Hall–Kier alpha value is -4.33. The van der Waals surface area contributed by atoms with E-state index < -0.39 is 0 Å². The van der Waals surface area contributed by atoms with Gasteiger partial charge in [0.25, 0.3) is 0 Å². The second-order valence-electron chi connectivity index (χ2n) is 9.37. The van der Waals surface area contributed by atoms with E-state index in [0.29, 0.717) is 12.4 Å². The first kappa shape index (κ1) is 24.4. The van der Waals surface area contributed by atoms with Crippen LogP contribution in [0.15, 0.2) is 72.8 Å². The maximum atomic E-state index is 5.92. The lowest BCUT2D eigenvalue weighted by atomic mass is 9.98. The SMILES string of the molecule is CCCCCc1nc(C(C)c2ccc(N)cc2)n(Cc2ccc(-c3ccccc3-c3nn[nH]n3)cc2)n1. The van der Waals surface area contributed by atoms with Crippen LogP contribution < -0.4 is 5.73 Å². The van der Waals surface area contributed by atoms with E-state index in [9.17, 15) is 0 Å². The largest absolute Gasteiger partial charge is 0.399 e. The van der Waals surface area contributed by atoms with Gasteiger partial charge in [-0.2, -0.15) is 10.3 Å². The summed E-state index contributed by atoms with van der Waals surface area (Å²) in [5, 5.41) is 19.5. The molecule has 0 saturated carbocycles. The third-order valence-corrected chi connectivity index (χ3v) is 6.68. The number of unbranched alkanes of at least 4 members (excludes halogenated alkanes) is 2. The second kappa shape index (κ2) is 11.2. The molecule has 8 heteroatoms. The highest BCUT2D eigenvalue weighted by Gasteiger charge is 2.19. The molecule has 3 aromatic carbocycles. The number of nitrogen functional groups attached to an aromatic ring is 1. The molecule has 8 nitrogen and oxygen atoms in total. The number of benzene rings is 3. The predicted octanol–water partition coefficient (Wildman–Crippen LogP) is 5.64. The molecule has 5 rings (SSSR count). The van der Waals surface area contributed by atoms with Gasteiger partial charge in [-0.05, 0) is 46.0 Å². The van der Waals surface area contributed by atoms with E-state index in [1.807, 2.05) is 30.3 Å². The van der Waals surface area contributed by atoms with Gasteiger partial charge in [-0.3, -0.25) is 0 Å². The molecule has 37 heavy (non-hydrogen) atoms. The monoisotopic (exact) mass is 492 g/mol. The normalized spacial score (nSPS) is 12.1. The number of tetrazole rings is 1. The van der Waals surface area contributed by atoms with E-state index in [4.69, 9.17) is 15.8 Å². The molecule has 0 fully saturated rings. The Morgan fingerprint density at radius 1 is 0.919 bits per heavy atom. The van der Waals surface area contributed by atoms with Crippen molar-refractivity contribution in [2.24, 2.45) is 0 Å². The highest BCUT2D eigenvalue weighted by Crippen LogP contribution is 2.30. The number of H-pyrrole nitrogens is 1. The minimum atomic E-state index is 0.106. The molecule has 1 unspecified atom stereocenters. The van der Waals surface area contributed by atoms with Crippen LogP contribution in [0, 0.1) is 0 Å². The smallest absolute Gasteiger partial charge is 0.205 e. The molecular formula is C29H32N8. The zero-order chi connectivity index (χ0) is 25.6. The highest BCUT2D eigenvalue weighted by atomic mass is 15.5. The van der Waals surface area contributed by atoms with Crippen LogP contribution in [-0.4, -0.2) is 35.4 Å². The molecule has 5 aromatic rings. The quantitative estimate of drug-likeness (QED) is 0.193. The summed E-state index contributed by atoms with van der Waals surface area (Å²) < 4.78 is 2.06. The van der Waals surface area contributed by atoms with Crippen molar-refractivity contribution in [2.75, 3.05) is 5.73 Å². The molecule has 0 bridgehead atoms. The van der Waals surface area contributed by atoms with Crippen LogP contribution in [-0.2, 0) is 13.0 Å². The Labute approximate surface area is 217 Å². The van der Waals surface area contributed by atoms with E-state index in [1.165, 1.54) is 18.4 Å². The summed E-state index contributed by atoms with van der Waals surface area (Å²) in [5.41, 5.74) is 12.1. The van der Waals surface area contributed by atoms with Crippen LogP contribution in [0.5, 0.6) is 0 Å². The number of aromatic amines is 1. The average Bonchev–Trinajstić information content (AvgIpc) is 3.60. The van der Waals surface area contributed by atoms with Crippen LogP contribution in [0.1, 0.15) is 61.8 Å². The lowest BCUT2D eigenvalue weighted by molar-refractivity contribution is 0.610. The molecule has 0 amide bonds. The van der Waals surface area contributed by atoms with Crippen molar-refractivity contribution in [3.05, 3.63) is 95.6 Å². The van der Waals surface area contributed by atoms with E-state index in [1.54, 1.807) is 0 Å². The standard InChI is InChI=1S/C29H32N8/c1-3-4-5-10-27-31-29(20(2)22-15-17-24(30)18-16-22)37(34-27)19-21-11-13-23(14-12-21)25-8-6-7-9-26(25)28-32-35-36-33-28/h6-9,11-18,20H,3-5,10,19,30H2,1-2H3,(H,32,33,35,36). The maximum absolute atomic E-state index is 5.92. The van der Waals surface area contributed by atoms with E-state index in [-0.39, 0.29) is 5.92 Å². The number of aryl methyl sites for hydroxylation is 1. The van der Waals surface area contributed by atoms with Crippen LogP contribution in [0.3, 0.4) is 0 Å². The van der Waals surface area contributed by atoms with E-state index in [0.717, 1.165) is 52.4 Å². The summed E-state index contributed by atoms with van der Waals surface area (Å²) >= 11 is 0. The lowest BCUT2D eigenvalue weighted by Crippen LogP contribution is -2.11. The molecule has 1 atom stereocenters. The molecule has 188 valence electrons. The molecule has 0 aliphatic carbocycles. The first-order valence-corrected chi connectivity index (χ1v) is 12.8. The molecule has 3 N–H and O–H groups in total. The van der Waals surface area contributed by atoms with Gasteiger partial charge in [0, 0.05) is 23.6 Å². The van der Waals surface area contributed by atoms with Crippen LogP contribution in [0.4, 0.5) is 5.69 Å². The number of nitrogens with one attached hydrogen (secondary N) is 1. The fourth-order valence-electron chi connectivity index (χ4n) is 4.58. The van der Waals surface area contributed by atoms with Crippen molar-refractivity contribution < 1.29 is 0 Å².